The zero-order valence-corrected chi connectivity index (χ0v) is 33.0. The summed E-state index contributed by atoms with van der Waals surface area (Å²) in [6.45, 7) is 4.60. The molecule has 0 bridgehead atoms. The molecule has 0 saturated heterocycles. The summed E-state index contributed by atoms with van der Waals surface area (Å²) in [5.74, 6) is 0. The molecular formula is C56H36OS. The molecule has 12 rings (SSSR count). The Balaban J connectivity index is 1.10. The van der Waals surface area contributed by atoms with Gasteiger partial charge in [0.2, 0.25) is 0 Å². The van der Waals surface area contributed by atoms with Crippen LogP contribution in [0, 0.1) is 0 Å². The van der Waals surface area contributed by atoms with Crippen LogP contribution in [0.3, 0.4) is 0 Å². The van der Waals surface area contributed by atoms with Crippen molar-refractivity contribution in [2.45, 2.75) is 13.8 Å². The van der Waals surface area contributed by atoms with Gasteiger partial charge in [-0.25, -0.2) is 0 Å². The Morgan fingerprint density at radius 3 is 1.79 bits per heavy atom. The number of rotatable bonds is 3. The number of para-hydroxylation sites is 1. The van der Waals surface area contributed by atoms with E-state index in [1.54, 1.807) is 0 Å². The minimum atomic E-state index is 0.932. The maximum absolute atomic E-state index is 6.58. The standard InChI is InChI=1S/C56H36OS/c1-33(37-27-30-48-51(32-37)58-50-31-28-36-26-29-47-41-19-11-12-25-49(41)57-56(47)53(36)55(48)50)38-16-5-6-17-39(38)34(2)52-43-20-7-9-22-45(43)54(46-23-10-8-21-44(46)52)42-24-13-15-35-14-3-4-18-40(35)42/h3-32H,1-2H3/b38-33+,39-34+. The third kappa shape index (κ3) is 4.82. The predicted molar refractivity (Wildman–Crippen MR) is 251 cm³/mol. The van der Waals surface area contributed by atoms with Crippen LogP contribution in [-0.2, 0) is 0 Å². The molecule has 0 unspecified atom stereocenters. The average molecular weight is 757 g/mol. The van der Waals surface area contributed by atoms with Crippen LogP contribution < -0.4 is 10.4 Å². The quantitative estimate of drug-likeness (QED) is 0.164. The van der Waals surface area contributed by atoms with Crippen molar-refractivity contribution in [3.05, 3.63) is 204 Å². The van der Waals surface area contributed by atoms with Crippen LogP contribution in [-0.4, -0.2) is 0 Å². The van der Waals surface area contributed by atoms with Crippen LogP contribution in [0.25, 0.3) is 107 Å². The zero-order chi connectivity index (χ0) is 38.5. The van der Waals surface area contributed by atoms with Gasteiger partial charge in [0, 0.05) is 36.3 Å². The van der Waals surface area contributed by atoms with Crippen LogP contribution >= 0.6 is 11.3 Å². The lowest BCUT2D eigenvalue weighted by molar-refractivity contribution is 0.673. The summed E-state index contributed by atoms with van der Waals surface area (Å²) in [5, 5.41) is 17.4. The summed E-state index contributed by atoms with van der Waals surface area (Å²) in [7, 11) is 0. The fourth-order valence-corrected chi connectivity index (χ4v) is 10.9. The average Bonchev–Trinajstić information content (AvgIpc) is 3.86. The van der Waals surface area contributed by atoms with E-state index in [0.717, 1.165) is 16.6 Å². The first-order valence-electron chi connectivity index (χ1n) is 20.0. The van der Waals surface area contributed by atoms with E-state index in [1.165, 1.54) is 112 Å². The van der Waals surface area contributed by atoms with Gasteiger partial charge in [0.1, 0.15) is 11.2 Å². The molecule has 0 fully saturated rings. The highest BCUT2D eigenvalue weighted by Gasteiger charge is 2.19. The highest BCUT2D eigenvalue weighted by molar-refractivity contribution is 7.26. The number of furan rings is 1. The third-order valence-electron chi connectivity index (χ3n) is 12.5. The molecular weight excluding hydrogens is 721 g/mol. The SMILES string of the molecule is C/C(c1ccc2c(c1)sc1ccc3ccc4c5ccccc5oc4c3c12)=c1/cccc/c1=C(/C)c1c2ccccc2c(-c2cccc3ccccc23)c2ccccc12. The lowest BCUT2D eigenvalue weighted by atomic mass is 9.84. The Labute approximate surface area is 339 Å². The van der Waals surface area contributed by atoms with Gasteiger partial charge in [0.25, 0.3) is 0 Å². The highest BCUT2D eigenvalue weighted by atomic mass is 32.1. The van der Waals surface area contributed by atoms with Crippen LogP contribution in [0.4, 0.5) is 0 Å². The number of thiophene rings is 1. The molecule has 0 radical (unpaired) electrons. The topological polar surface area (TPSA) is 13.1 Å². The van der Waals surface area contributed by atoms with Crippen molar-refractivity contribution in [1.82, 2.24) is 0 Å². The molecule has 0 spiro atoms. The monoisotopic (exact) mass is 756 g/mol. The number of hydrogen-bond acceptors (Lipinski definition) is 2. The van der Waals surface area contributed by atoms with Crippen molar-refractivity contribution in [3.8, 4) is 11.1 Å². The van der Waals surface area contributed by atoms with Crippen LogP contribution in [0.1, 0.15) is 25.0 Å². The van der Waals surface area contributed by atoms with Crippen molar-refractivity contribution < 1.29 is 4.42 Å². The molecule has 0 atom stereocenters. The Morgan fingerprint density at radius 2 is 1.02 bits per heavy atom. The molecule has 0 N–H and O–H groups in total. The Kier molecular flexibility index (Phi) is 7.30. The van der Waals surface area contributed by atoms with E-state index in [4.69, 9.17) is 4.42 Å². The second-order valence-corrected chi connectivity index (χ2v) is 16.6. The zero-order valence-electron chi connectivity index (χ0n) is 32.1. The fraction of sp³-hybridized carbons (Fsp3) is 0.0357. The van der Waals surface area contributed by atoms with Crippen molar-refractivity contribution in [3.63, 3.8) is 0 Å². The van der Waals surface area contributed by atoms with Crippen LogP contribution in [0.2, 0.25) is 0 Å². The lowest BCUT2D eigenvalue weighted by Gasteiger charge is -2.19. The smallest absolute Gasteiger partial charge is 0.143 e. The van der Waals surface area contributed by atoms with E-state index in [-0.39, 0.29) is 0 Å². The molecule has 2 heteroatoms. The maximum atomic E-state index is 6.58. The van der Waals surface area contributed by atoms with E-state index < -0.39 is 0 Å². The summed E-state index contributed by atoms with van der Waals surface area (Å²) in [6.07, 6.45) is 0. The van der Waals surface area contributed by atoms with Gasteiger partial charge in [-0.2, -0.15) is 0 Å². The van der Waals surface area contributed by atoms with Gasteiger partial charge in [0.15, 0.2) is 0 Å². The summed E-state index contributed by atoms with van der Waals surface area (Å²) in [5.41, 5.74) is 9.53. The largest absolute Gasteiger partial charge is 0.455 e. The first-order valence-corrected chi connectivity index (χ1v) is 20.8. The third-order valence-corrected chi connectivity index (χ3v) is 13.6. The van der Waals surface area contributed by atoms with Crippen molar-refractivity contribution >= 4 is 108 Å². The van der Waals surface area contributed by atoms with Crippen LogP contribution in [0.5, 0.6) is 0 Å². The van der Waals surface area contributed by atoms with Gasteiger partial charge in [-0.3, -0.25) is 0 Å². The molecule has 1 nitrogen and oxygen atoms in total. The van der Waals surface area contributed by atoms with Gasteiger partial charge >= 0.3 is 0 Å². The molecule has 0 aliphatic heterocycles. The summed E-state index contributed by atoms with van der Waals surface area (Å²) >= 11 is 1.87. The first-order chi connectivity index (χ1) is 28.6. The Morgan fingerprint density at radius 1 is 0.414 bits per heavy atom. The molecule has 2 heterocycles. The summed E-state index contributed by atoms with van der Waals surface area (Å²) in [6, 6.07) is 66.8. The summed E-state index contributed by atoms with van der Waals surface area (Å²) < 4.78 is 9.14. The van der Waals surface area contributed by atoms with Gasteiger partial charge in [0.05, 0.1) is 0 Å². The predicted octanol–water partition coefficient (Wildman–Crippen LogP) is 14.7. The molecule has 2 aromatic heterocycles. The molecule has 12 aromatic rings. The van der Waals surface area contributed by atoms with Gasteiger partial charge in [-0.05, 0) is 120 Å². The van der Waals surface area contributed by atoms with Gasteiger partial charge in [-0.15, -0.1) is 11.3 Å². The van der Waals surface area contributed by atoms with Crippen molar-refractivity contribution in [1.29, 1.82) is 0 Å². The first kappa shape index (κ1) is 33.2. The number of benzene rings is 10. The normalized spacial score (nSPS) is 13.2. The van der Waals surface area contributed by atoms with Crippen LogP contribution in [0.15, 0.2) is 186 Å². The van der Waals surface area contributed by atoms with E-state index in [0.29, 0.717) is 0 Å². The molecule has 272 valence electrons. The Bertz CT molecular complexity index is 3760. The second-order valence-electron chi connectivity index (χ2n) is 15.6. The fourth-order valence-electron chi connectivity index (χ4n) is 9.78. The summed E-state index contributed by atoms with van der Waals surface area (Å²) in [4.78, 5) is 0. The molecule has 0 saturated carbocycles. The molecule has 10 aromatic carbocycles. The van der Waals surface area contributed by atoms with Gasteiger partial charge in [-0.1, -0.05) is 158 Å². The minimum Gasteiger partial charge on any atom is -0.455 e. The molecule has 0 aliphatic rings. The second kappa shape index (κ2) is 12.8. The molecule has 0 aliphatic carbocycles. The van der Waals surface area contributed by atoms with Gasteiger partial charge < -0.3 is 4.42 Å². The molecule has 58 heavy (non-hydrogen) atoms. The number of fused-ring (bicyclic) bond motifs is 12. The molecule has 0 amide bonds. The van der Waals surface area contributed by atoms with Crippen molar-refractivity contribution in [2.75, 3.05) is 0 Å². The van der Waals surface area contributed by atoms with Crippen molar-refractivity contribution in [2.24, 2.45) is 0 Å². The maximum Gasteiger partial charge on any atom is 0.143 e. The Hall–Kier alpha value is -7.00. The lowest BCUT2D eigenvalue weighted by Crippen LogP contribution is -2.28. The minimum absolute atomic E-state index is 0.932. The van der Waals surface area contributed by atoms with E-state index in [9.17, 15) is 0 Å². The van der Waals surface area contributed by atoms with E-state index in [1.807, 2.05) is 17.4 Å². The number of hydrogen-bond donors (Lipinski definition) is 0. The van der Waals surface area contributed by atoms with E-state index in [2.05, 4.69) is 190 Å². The highest BCUT2D eigenvalue weighted by Crippen LogP contribution is 2.45. The van der Waals surface area contributed by atoms with E-state index >= 15 is 0 Å².